The Morgan fingerprint density at radius 2 is 2.21 bits per heavy atom. The predicted molar refractivity (Wildman–Crippen MR) is 87.3 cm³/mol. The summed E-state index contributed by atoms with van der Waals surface area (Å²) in [4.78, 5) is 15.6. The van der Waals surface area contributed by atoms with Crippen LogP contribution in [0.5, 0.6) is 5.75 Å². The van der Waals surface area contributed by atoms with Crippen LogP contribution in [0.25, 0.3) is 16.8 Å². The fourth-order valence-corrected chi connectivity index (χ4v) is 2.37. The number of hydrogen-bond acceptors (Lipinski definition) is 4. The number of amides is 1. The first-order chi connectivity index (χ1) is 11.6. The van der Waals surface area contributed by atoms with E-state index in [1.54, 1.807) is 18.5 Å². The Kier molecular flexibility index (Phi) is 4.41. The second-order valence-electron chi connectivity index (χ2n) is 5.38. The number of nitrogens with two attached hydrogens (primary N) is 1. The molecule has 0 saturated heterocycles. The van der Waals surface area contributed by atoms with Gasteiger partial charge in [-0.25, -0.2) is 13.9 Å². The lowest BCUT2D eigenvalue weighted by atomic mass is 10.1. The molecule has 3 rings (SSSR count). The second kappa shape index (κ2) is 6.66. The number of benzene rings is 1. The van der Waals surface area contributed by atoms with Crippen LogP contribution in [0.4, 0.5) is 4.39 Å². The van der Waals surface area contributed by atoms with Crippen molar-refractivity contribution in [1.29, 1.82) is 0 Å². The number of halogens is 1. The Balaban J connectivity index is 2.02. The Labute approximate surface area is 138 Å². The first kappa shape index (κ1) is 15.9. The number of hydrogen-bond donors (Lipinski definition) is 1. The van der Waals surface area contributed by atoms with Gasteiger partial charge >= 0.3 is 0 Å². The van der Waals surface area contributed by atoms with E-state index >= 15 is 0 Å². The highest BCUT2D eigenvalue weighted by Crippen LogP contribution is 2.30. The molecule has 2 heterocycles. The van der Waals surface area contributed by atoms with Crippen molar-refractivity contribution >= 4 is 11.6 Å². The van der Waals surface area contributed by atoms with Gasteiger partial charge in [0, 0.05) is 29.6 Å². The first-order valence-corrected chi connectivity index (χ1v) is 7.66. The number of nitrogens with zero attached hydrogens (tertiary/aromatic N) is 3. The molecule has 3 aromatic rings. The monoisotopic (exact) mass is 328 g/mol. The van der Waals surface area contributed by atoms with Gasteiger partial charge in [0.05, 0.1) is 12.8 Å². The van der Waals surface area contributed by atoms with Crippen molar-refractivity contribution in [2.24, 2.45) is 5.73 Å². The maximum atomic E-state index is 13.6. The molecule has 1 aromatic carbocycles. The zero-order valence-corrected chi connectivity index (χ0v) is 13.2. The molecule has 2 aromatic heterocycles. The third-order valence-corrected chi connectivity index (χ3v) is 3.63. The number of primary amides is 1. The summed E-state index contributed by atoms with van der Waals surface area (Å²) in [5.74, 6) is -0.503. The Morgan fingerprint density at radius 3 is 2.96 bits per heavy atom. The third-order valence-electron chi connectivity index (χ3n) is 3.63. The van der Waals surface area contributed by atoms with Gasteiger partial charge in [0.15, 0.2) is 5.65 Å². The number of rotatable bonds is 6. The minimum Gasteiger partial charge on any atom is -0.493 e. The zero-order valence-electron chi connectivity index (χ0n) is 13.2. The molecular weight excluding hydrogens is 311 g/mol. The highest BCUT2D eigenvalue weighted by molar-refractivity contribution is 5.98. The van der Waals surface area contributed by atoms with Crippen molar-refractivity contribution < 1.29 is 13.9 Å². The molecule has 0 aliphatic heterocycles. The molecule has 2 N–H and O–H groups in total. The lowest BCUT2D eigenvalue weighted by Gasteiger charge is -2.11. The van der Waals surface area contributed by atoms with Crippen molar-refractivity contribution in [2.45, 2.75) is 19.8 Å². The number of aromatic nitrogens is 3. The van der Waals surface area contributed by atoms with Crippen molar-refractivity contribution in [3.8, 4) is 16.9 Å². The van der Waals surface area contributed by atoms with Gasteiger partial charge in [-0.3, -0.25) is 4.79 Å². The molecule has 124 valence electrons. The first-order valence-electron chi connectivity index (χ1n) is 7.66. The summed E-state index contributed by atoms with van der Waals surface area (Å²) >= 11 is 0. The van der Waals surface area contributed by atoms with Gasteiger partial charge in [-0.05, 0) is 18.6 Å². The maximum Gasteiger partial charge on any atom is 0.254 e. The van der Waals surface area contributed by atoms with Gasteiger partial charge in [-0.1, -0.05) is 13.3 Å². The van der Waals surface area contributed by atoms with Gasteiger partial charge in [0.2, 0.25) is 0 Å². The molecule has 24 heavy (non-hydrogen) atoms. The molecule has 0 radical (unpaired) electrons. The molecule has 0 fully saturated rings. The lowest BCUT2D eigenvalue weighted by molar-refractivity contribution is 0.100. The molecular formula is C17H17FN4O2. The molecule has 0 aliphatic carbocycles. The fourth-order valence-electron chi connectivity index (χ4n) is 2.37. The van der Waals surface area contributed by atoms with Crippen LogP contribution in [0.15, 0.2) is 36.8 Å². The van der Waals surface area contributed by atoms with Gasteiger partial charge in [-0.15, -0.1) is 0 Å². The summed E-state index contributed by atoms with van der Waals surface area (Å²) in [5, 5.41) is 4.09. The minimum atomic E-state index is -0.587. The summed E-state index contributed by atoms with van der Waals surface area (Å²) < 4.78 is 20.7. The molecule has 0 bridgehead atoms. The fraction of sp³-hybridized carbons (Fsp3) is 0.235. The number of unbranched alkanes of at least 4 members (excludes halogenated alkanes) is 1. The molecule has 6 nitrogen and oxygen atoms in total. The van der Waals surface area contributed by atoms with E-state index in [0.29, 0.717) is 29.1 Å². The van der Waals surface area contributed by atoms with E-state index in [1.807, 2.05) is 0 Å². The Morgan fingerprint density at radius 1 is 1.38 bits per heavy atom. The van der Waals surface area contributed by atoms with E-state index in [0.717, 1.165) is 12.8 Å². The molecule has 0 atom stereocenters. The predicted octanol–water partition coefficient (Wildman–Crippen LogP) is 2.81. The van der Waals surface area contributed by atoms with Crippen LogP contribution in [-0.2, 0) is 0 Å². The molecule has 0 aliphatic rings. The highest BCUT2D eigenvalue weighted by atomic mass is 19.1. The molecule has 7 heteroatoms. The van der Waals surface area contributed by atoms with Crippen molar-refractivity contribution in [2.75, 3.05) is 6.61 Å². The van der Waals surface area contributed by atoms with Crippen LogP contribution >= 0.6 is 0 Å². The van der Waals surface area contributed by atoms with E-state index in [2.05, 4.69) is 17.0 Å². The highest BCUT2D eigenvalue weighted by Gasteiger charge is 2.14. The number of carbonyl (C=O) groups excluding carboxylic acids is 1. The zero-order chi connectivity index (χ0) is 17.1. The average Bonchev–Trinajstić information content (AvgIpc) is 2.98. The summed E-state index contributed by atoms with van der Waals surface area (Å²) in [6.07, 6.45) is 6.53. The van der Waals surface area contributed by atoms with E-state index in [9.17, 15) is 9.18 Å². The number of carbonyl (C=O) groups is 1. The van der Waals surface area contributed by atoms with Crippen LogP contribution in [0, 0.1) is 5.82 Å². The van der Waals surface area contributed by atoms with E-state index < -0.39 is 5.91 Å². The van der Waals surface area contributed by atoms with E-state index in [4.69, 9.17) is 10.5 Å². The number of ether oxygens (including phenoxy) is 1. The normalized spacial score (nSPS) is 10.9. The average molecular weight is 328 g/mol. The summed E-state index contributed by atoms with van der Waals surface area (Å²) in [5.41, 5.74) is 7.32. The smallest absolute Gasteiger partial charge is 0.254 e. The van der Waals surface area contributed by atoms with Crippen molar-refractivity contribution in [3.63, 3.8) is 0 Å². The van der Waals surface area contributed by atoms with Crippen LogP contribution in [0.2, 0.25) is 0 Å². The maximum absolute atomic E-state index is 13.6. The van der Waals surface area contributed by atoms with Gasteiger partial charge in [-0.2, -0.15) is 5.10 Å². The minimum absolute atomic E-state index is 0.250. The lowest BCUT2D eigenvalue weighted by Crippen LogP contribution is -2.10. The van der Waals surface area contributed by atoms with Crippen LogP contribution in [0.3, 0.4) is 0 Å². The largest absolute Gasteiger partial charge is 0.493 e. The van der Waals surface area contributed by atoms with Crippen molar-refractivity contribution in [1.82, 2.24) is 14.6 Å². The van der Waals surface area contributed by atoms with Crippen LogP contribution in [0.1, 0.15) is 30.1 Å². The molecule has 0 saturated carbocycles. The second-order valence-corrected chi connectivity index (χ2v) is 5.38. The third kappa shape index (κ3) is 3.05. The summed E-state index contributed by atoms with van der Waals surface area (Å²) in [7, 11) is 0. The van der Waals surface area contributed by atoms with Crippen molar-refractivity contribution in [3.05, 3.63) is 48.2 Å². The molecule has 0 spiro atoms. The Bertz CT molecular complexity index is 891. The topological polar surface area (TPSA) is 82.5 Å². The quantitative estimate of drug-likeness (QED) is 0.705. The molecule has 0 unspecified atom stereocenters. The van der Waals surface area contributed by atoms with Gasteiger partial charge in [0.25, 0.3) is 5.91 Å². The Hall–Kier alpha value is -2.96. The van der Waals surface area contributed by atoms with Gasteiger partial charge in [0.1, 0.15) is 17.1 Å². The van der Waals surface area contributed by atoms with Crippen LogP contribution in [-0.4, -0.2) is 27.1 Å². The standard InChI is InChI=1S/C17H17FN4O2/c1-2-3-6-24-15-7-12(18)4-5-13(15)11-8-20-17-14(16(19)23)9-21-22(17)10-11/h4-5,7-10H,2-3,6H2,1H3,(H2,19,23). The summed E-state index contributed by atoms with van der Waals surface area (Å²) in [6, 6.07) is 4.36. The van der Waals surface area contributed by atoms with Gasteiger partial charge < -0.3 is 10.5 Å². The summed E-state index contributed by atoms with van der Waals surface area (Å²) in [6.45, 7) is 2.57. The number of fused-ring (bicyclic) bond motifs is 1. The van der Waals surface area contributed by atoms with E-state index in [1.165, 1.54) is 22.8 Å². The SMILES string of the molecule is CCCCOc1cc(F)ccc1-c1cnc2c(C(N)=O)cnn2c1. The van der Waals surface area contributed by atoms with E-state index in [-0.39, 0.29) is 11.4 Å². The van der Waals surface area contributed by atoms with Crippen LogP contribution < -0.4 is 10.5 Å². The molecule has 1 amide bonds.